The van der Waals surface area contributed by atoms with Crippen molar-refractivity contribution in [3.8, 4) is 0 Å². The SMILES string of the molecule is CCCCCCCCNC1CCN(Cc2ccccc2)C1. The van der Waals surface area contributed by atoms with Gasteiger partial charge in [-0.25, -0.2) is 0 Å². The lowest BCUT2D eigenvalue weighted by Gasteiger charge is -2.16. The van der Waals surface area contributed by atoms with Gasteiger partial charge in [-0.3, -0.25) is 4.90 Å². The minimum Gasteiger partial charge on any atom is -0.313 e. The monoisotopic (exact) mass is 288 g/mol. The van der Waals surface area contributed by atoms with E-state index in [2.05, 4.69) is 47.5 Å². The molecule has 1 aliphatic rings. The third-order valence-electron chi connectivity index (χ3n) is 4.48. The highest BCUT2D eigenvalue weighted by Gasteiger charge is 2.21. The first-order valence-electron chi connectivity index (χ1n) is 8.88. The van der Waals surface area contributed by atoms with Gasteiger partial charge in [0.15, 0.2) is 0 Å². The molecule has 0 aromatic heterocycles. The molecule has 1 N–H and O–H groups in total. The van der Waals surface area contributed by atoms with Crippen LogP contribution in [0.25, 0.3) is 0 Å². The summed E-state index contributed by atoms with van der Waals surface area (Å²) in [6.07, 6.45) is 9.64. The highest BCUT2D eigenvalue weighted by molar-refractivity contribution is 5.14. The Morgan fingerprint density at radius 1 is 1.05 bits per heavy atom. The molecule has 1 unspecified atom stereocenters. The van der Waals surface area contributed by atoms with Gasteiger partial charge in [0.25, 0.3) is 0 Å². The number of hydrogen-bond acceptors (Lipinski definition) is 2. The minimum atomic E-state index is 0.712. The van der Waals surface area contributed by atoms with E-state index in [4.69, 9.17) is 0 Å². The van der Waals surface area contributed by atoms with E-state index in [0.717, 1.165) is 6.54 Å². The molecule has 0 aliphatic carbocycles. The van der Waals surface area contributed by atoms with E-state index in [9.17, 15) is 0 Å². The Bertz CT molecular complexity index is 363. The average molecular weight is 288 g/mol. The third kappa shape index (κ3) is 6.62. The molecule has 0 radical (unpaired) electrons. The molecule has 1 aromatic rings. The van der Waals surface area contributed by atoms with E-state index in [1.54, 1.807) is 0 Å². The van der Waals surface area contributed by atoms with Gasteiger partial charge < -0.3 is 5.32 Å². The quantitative estimate of drug-likeness (QED) is 0.649. The van der Waals surface area contributed by atoms with Crippen LogP contribution in [0.2, 0.25) is 0 Å². The zero-order valence-electron chi connectivity index (χ0n) is 13.7. The molecule has 1 fully saturated rings. The number of hydrogen-bond donors (Lipinski definition) is 1. The van der Waals surface area contributed by atoms with Crippen LogP contribution in [0, 0.1) is 0 Å². The number of benzene rings is 1. The van der Waals surface area contributed by atoms with Crippen LogP contribution in [-0.2, 0) is 6.54 Å². The Morgan fingerprint density at radius 2 is 1.81 bits per heavy atom. The predicted octanol–water partition coefficient (Wildman–Crippen LogP) is 4.21. The first-order chi connectivity index (χ1) is 10.4. The standard InChI is InChI=1S/C19H32N2/c1-2-3-4-5-6-10-14-20-19-13-15-21(17-19)16-18-11-8-7-9-12-18/h7-9,11-12,19-20H,2-6,10,13-17H2,1H3. The summed E-state index contributed by atoms with van der Waals surface area (Å²) in [5, 5.41) is 3.75. The van der Waals surface area contributed by atoms with Crippen LogP contribution in [0.15, 0.2) is 30.3 Å². The molecule has 1 aliphatic heterocycles. The van der Waals surface area contributed by atoms with Gasteiger partial charge in [-0.2, -0.15) is 0 Å². The van der Waals surface area contributed by atoms with Crippen molar-refractivity contribution >= 4 is 0 Å². The summed E-state index contributed by atoms with van der Waals surface area (Å²) in [4.78, 5) is 2.58. The van der Waals surface area contributed by atoms with Gasteiger partial charge in [-0.1, -0.05) is 69.4 Å². The molecule has 0 spiro atoms. The van der Waals surface area contributed by atoms with Crippen molar-refractivity contribution in [2.45, 2.75) is 64.5 Å². The number of nitrogens with zero attached hydrogens (tertiary/aromatic N) is 1. The summed E-state index contributed by atoms with van der Waals surface area (Å²) >= 11 is 0. The van der Waals surface area contributed by atoms with E-state index < -0.39 is 0 Å². The fourth-order valence-electron chi connectivity index (χ4n) is 3.20. The Balaban J connectivity index is 1.52. The third-order valence-corrected chi connectivity index (χ3v) is 4.48. The molecule has 1 heterocycles. The van der Waals surface area contributed by atoms with Crippen molar-refractivity contribution in [2.24, 2.45) is 0 Å². The van der Waals surface area contributed by atoms with E-state index in [-0.39, 0.29) is 0 Å². The van der Waals surface area contributed by atoms with Crippen LogP contribution in [-0.4, -0.2) is 30.6 Å². The molecular weight excluding hydrogens is 256 g/mol. The van der Waals surface area contributed by atoms with Gasteiger partial charge in [0.05, 0.1) is 0 Å². The first kappa shape index (κ1) is 16.5. The second-order valence-electron chi connectivity index (χ2n) is 6.43. The lowest BCUT2D eigenvalue weighted by molar-refractivity contribution is 0.320. The maximum atomic E-state index is 3.75. The van der Waals surface area contributed by atoms with Crippen LogP contribution >= 0.6 is 0 Å². The van der Waals surface area contributed by atoms with E-state index in [1.807, 2.05) is 0 Å². The average Bonchev–Trinajstić information content (AvgIpc) is 2.95. The zero-order chi connectivity index (χ0) is 14.8. The summed E-state index contributed by atoms with van der Waals surface area (Å²) in [5.74, 6) is 0. The zero-order valence-corrected chi connectivity index (χ0v) is 13.7. The molecule has 1 atom stereocenters. The molecule has 1 saturated heterocycles. The van der Waals surface area contributed by atoms with Crippen molar-refractivity contribution in [3.05, 3.63) is 35.9 Å². The highest BCUT2D eigenvalue weighted by atomic mass is 15.2. The van der Waals surface area contributed by atoms with Crippen LogP contribution in [0.3, 0.4) is 0 Å². The molecule has 0 saturated carbocycles. The van der Waals surface area contributed by atoms with Crippen LogP contribution < -0.4 is 5.32 Å². The summed E-state index contributed by atoms with van der Waals surface area (Å²) in [5.41, 5.74) is 1.44. The number of nitrogens with one attached hydrogen (secondary N) is 1. The second kappa shape index (κ2) is 9.97. The van der Waals surface area contributed by atoms with Crippen molar-refractivity contribution in [1.82, 2.24) is 10.2 Å². The lowest BCUT2D eigenvalue weighted by atomic mass is 10.1. The summed E-state index contributed by atoms with van der Waals surface area (Å²) < 4.78 is 0. The summed E-state index contributed by atoms with van der Waals surface area (Å²) in [6.45, 7) is 7.04. The Kier molecular flexibility index (Phi) is 7.83. The maximum Gasteiger partial charge on any atom is 0.0234 e. The number of likely N-dealkylation sites (tertiary alicyclic amines) is 1. The first-order valence-corrected chi connectivity index (χ1v) is 8.88. The molecule has 2 heteroatoms. The Hall–Kier alpha value is -0.860. The smallest absolute Gasteiger partial charge is 0.0234 e. The number of rotatable bonds is 10. The van der Waals surface area contributed by atoms with Crippen molar-refractivity contribution in [3.63, 3.8) is 0 Å². The van der Waals surface area contributed by atoms with Gasteiger partial charge in [0, 0.05) is 25.7 Å². The van der Waals surface area contributed by atoms with Gasteiger partial charge in [-0.05, 0) is 24.9 Å². The fourth-order valence-corrected chi connectivity index (χ4v) is 3.20. The van der Waals surface area contributed by atoms with E-state index >= 15 is 0 Å². The molecule has 21 heavy (non-hydrogen) atoms. The molecule has 0 amide bonds. The van der Waals surface area contributed by atoms with Crippen LogP contribution in [0.5, 0.6) is 0 Å². The van der Waals surface area contributed by atoms with Crippen LogP contribution in [0.4, 0.5) is 0 Å². The lowest BCUT2D eigenvalue weighted by Crippen LogP contribution is -2.33. The van der Waals surface area contributed by atoms with Gasteiger partial charge in [-0.15, -0.1) is 0 Å². The Morgan fingerprint density at radius 3 is 2.62 bits per heavy atom. The van der Waals surface area contributed by atoms with Crippen LogP contribution in [0.1, 0.15) is 57.4 Å². The largest absolute Gasteiger partial charge is 0.313 e. The molecule has 118 valence electrons. The van der Waals surface area contributed by atoms with Crippen molar-refractivity contribution < 1.29 is 0 Å². The molecule has 2 nitrogen and oxygen atoms in total. The maximum absolute atomic E-state index is 3.75. The molecule has 1 aromatic carbocycles. The summed E-state index contributed by atoms with van der Waals surface area (Å²) in [7, 11) is 0. The molecule has 2 rings (SSSR count). The number of unbranched alkanes of at least 4 members (excludes halogenated alkanes) is 5. The summed E-state index contributed by atoms with van der Waals surface area (Å²) in [6, 6.07) is 11.6. The second-order valence-corrected chi connectivity index (χ2v) is 6.43. The molecular formula is C19H32N2. The normalized spacial score (nSPS) is 19.2. The van der Waals surface area contributed by atoms with E-state index in [0.29, 0.717) is 6.04 Å². The molecule has 0 bridgehead atoms. The minimum absolute atomic E-state index is 0.712. The topological polar surface area (TPSA) is 15.3 Å². The Labute approximate surface area is 130 Å². The van der Waals surface area contributed by atoms with Crippen molar-refractivity contribution in [2.75, 3.05) is 19.6 Å². The predicted molar refractivity (Wildman–Crippen MR) is 91.5 cm³/mol. The van der Waals surface area contributed by atoms with Gasteiger partial charge in [0.2, 0.25) is 0 Å². The fraction of sp³-hybridized carbons (Fsp3) is 0.684. The van der Waals surface area contributed by atoms with E-state index in [1.165, 1.54) is 70.1 Å². The van der Waals surface area contributed by atoms with Gasteiger partial charge in [0.1, 0.15) is 0 Å². The van der Waals surface area contributed by atoms with Crippen molar-refractivity contribution in [1.29, 1.82) is 0 Å². The van der Waals surface area contributed by atoms with Gasteiger partial charge >= 0.3 is 0 Å². The highest BCUT2D eigenvalue weighted by Crippen LogP contribution is 2.13.